The van der Waals surface area contributed by atoms with Crippen LogP contribution < -0.4 is 10.6 Å². The van der Waals surface area contributed by atoms with E-state index in [2.05, 4.69) is 24.5 Å². The average Bonchev–Trinajstić information content (AvgIpc) is 2.62. The summed E-state index contributed by atoms with van der Waals surface area (Å²) in [4.78, 5) is 0. The molecule has 4 heteroatoms. The molecule has 3 aliphatic carbocycles. The summed E-state index contributed by atoms with van der Waals surface area (Å²) in [6, 6.07) is 1.66. The third kappa shape index (κ3) is 8.25. The summed E-state index contributed by atoms with van der Waals surface area (Å²) in [5.41, 5.74) is 0. The highest BCUT2D eigenvalue weighted by atomic mass is 35.5. The first kappa shape index (κ1) is 24.5. The third-order valence-corrected chi connectivity index (χ3v) is 7.39. The van der Waals surface area contributed by atoms with Crippen LogP contribution in [0.4, 0.5) is 0 Å². The van der Waals surface area contributed by atoms with Gasteiger partial charge in [0.25, 0.3) is 0 Å². The summed E-state index contributed by atoms with van der Waals surface area (Å²) in [6.45, 7) is 7.41. The summed E-state index contributed by atoms with van der Waals surface area (Å²) in [6.07, 6.45) is 17.3. The quantitative estimate of drug-likeness (QED) is 0.567. The third-order valence-electron chi connectivity index (χ3n) is 7.39. The van der Waals surface area contributed by atoms with E-state index >= 15 is 0 Å². The summed E-state index contributed by atoms with van der Waals surface area (Å²) < 4.78 is 0. The molecule has 0 spiro atoms. The molecule has 0 bridgehead atoms. The maximum absolute atomic E-state index is 3.90. The van der Waals surface area contributed by atoms with Crippen molar-refractivity contribution < 1.29 is 0 Å². The number of nitrogens with one attached hydrogen (secondary N) is 2. The normalized spacial score (nSPS) is 38.1. The summed E-state index contributed by atoms with van der Waals surface area (Å²) in [7, 11) is 0. The lowest BCUT2D eigenvalue weighted by Crippen LogP contribution is -2.39. The van der Waals surface area contributed by atoms with Gasteiger partial charge in [0.2, 0.25) is 0 Å². The van der Waals surface area contributed by atoms with Crippen molar-refractivity contribution in [3.05, 3.63) is 0 Å². The van der Waals surface area contributed by atoms with Crippen molar-refractivity contribution in [3.63, 3.8) is 0 Å². The Morgan fingerprint density at radius 1 is 0.500 bits per heavy atom. The number of rotatable bonds is 6. The molecule has 3 saturated carbocycles. The Kier molecular flexibility index (Phi) is 12.1. The molecular formula is C22H44Cl2N2. The summed E-state index contributed by atoms with van der Waals surface area (Å²) >= 11 is 0. The Morgan fingerprint density at radius 3 is 1.12 bits per heavy atom. The lowest BCUT2D eigenvalue weighted by atomic mass is 9.81. The van der Waals surface area contributed by atoms with E-state index in [0.717, 1.165) is 35.8 Å². The highest BCUT2D eigenvalue weighted by Crippen LogP contribution is 2.30. The second-order valence-corrected chi connectivity index (χ2v) is 9.62. The Balaban J connectivity index is 0.00000169. The molecule has 3 aliphatic rings. The maximum Gasteiger partial charge on any atom is 0.00673 e. The minimum Gasteiger partial charge on any atom is -0.314 e. The van der Waals surface area contributed by atoms with Gasteiger partial charge in [0, 0.05) is 12.1 Å². The van der Waals surface area contributed by atoms with Crippen LogP contribution in [0.25, 0.3) is 0 Å². The molecule has 0 amide bonds. The maximum atomic E-state index is 3.90. The zero-order chi connectivity index (χ0) is 16.8. The molecule has 0 aromatic heterocycles. The molecule has 2 nitrogen and oxygen atoms in total. The molecule has 0 radical (unpaired) electrons. The largest absolute Gasteiger partial charge is 0.314 e. The second-order valence-electron chi connectivity index (χ2n) is 9.62. The molecule has 26 heavy (non-hydrogen) atoms. The van der Waals surface area contributed by atoms with E-state index in [4.69, 9.17) is 0 Å². The number of hydrogen-bond acceptors (Lipinski definition) is 2. The predicted octanol–water partition coefficient (Wildman–Crippen LogP) is 5.97. The van der Waals surface area contributed by atoms with Gasteiger partial charge in [-0.1, -0.05) is 13.8 Å². The monoisotopic (exact) mass is 406 g/mol. The van der Waals surface area contributed by atoms with E-state index in [1.165, 1.54) is 90.1 Å². The van der Waals surface area contributed by atoms with Gasteiger partial charge < -0.3 is 10.6 Å². The van der Waals surface area contributed by atoms with Crippen LogP contribution in [-0.4, -0.2) is 25.2 Å². The topological polar surface area (TPSA) is 24.1 Å². The fraction of sp³-hybridized carbons (Fsp3) is 1.00. The first-order valence-electron chi connectivity index (χ1n) is 11.2. The van der Waals surface area contributed by atoms with E-state index in [9.17, 15) is 0 Å². The van der Waals surface area contributed by atoms with Gasteiger partial charge in [0.05, 0.1) is 0 Å². The Labute approximate surface area is 175 Å². The lowest BCUT2D eigenvalue weighted by Gasteiger charge is -2.33. The van der Waals surface area contributed by atoms with Crippen molar-refractivity contribution in [2.45, 2.75) is 103 Å². The number of halogens is 2. The first-order chi connectivity index (χ1) is 11.7. The summed E-state index contributed by atoms with van der Waals surface area (Å²) in [5.74, 6) is 3.85. The van der Waals surface area contributed by atoms with E-state index in [1.54, 1.807) is 0 Å². The average molecular weight is 408 g/mol. The Hall–Kier alpha value is 0.500. The smallest absolute Gasteiger partial charge is 0.00673 e. The zero-order valence-electron chi connectivity index (χ0n) is 17.2. The van der Waals surface area contributed by atoms with Crippen LogP contribution in [0.1, 0.15) is 90.9 Å². The molecule has 2 N–H and O–H groups in total. The highest BCUT2D eigenvalue weighted by Gasteiger charge is 2.24. The van der Waals surface area contributed by atoms with E-state index < -0.39 is 0 Å². The van der Waals surface area contributed by atoms with Crippen LogP contribution in [0.5, 0.6) is 0 Å². The molecule has 156 valence electrons. The van der Waals surface area contributed by atoms with Crippen LogP contribution in [0.15, 0.2) is 0 Å². The molecule has 0 aromatic rings. The van der Waals surface area contributed by atoms with E-state index in [1.807, 2.05) is 0 Å². The summed E-state index contributed by atoms with van der Waals surface area (Å²) in [5, 5.41) is 7.80. The minimum atomic E-state index is 0. The molecule has 0 aliphatic heterocycles. The van der Waals surface area contributed by atoms with Crippen LogP contribution in [0, 0.1) is 23.7 Å². The molecule has 0 atom stereocenters. The molecule has 0 saturated heterocycles. The first-order valence-corrected chi connectivity index (χ1v) is 11.2. The van der Waals surface area contributed by atoms with Gasteiger partial charge in [0.1, 0.15) is 0 Å². The van der Waals surface area contributed by atoms with Crippen molar-refractivity contribution in [2.75, 3.05) is 13.1 Å². The van der Waals surface area contributed by atoms with Gasteiger partial charge in [-0.25, -0.2) is 0 Å². The Bertz CT molecular complexity index is 308. The molecule has 0 heterocycles. The number of hydrogen-bond donors (Lipinski definition) is 2. The molecule has 0 aromatic carbocycles. The highest BCUT2D eigenvalue weighted by molar-refractivity contribution is 5.85. The second kappa shape index (κ2) is 12.9. The molecule has 0 unspecified atom stereocenters. The standard InChI is InChI=1S/C22H42N2.2ClH/c1-17-3-11-21(12-4-17)23-15-19-7-9-20(10-8-19)16-24-22-13-5-18(2)6-14-22;;/h17-24H,3-16H2,1-2H3;2*1H. The van der Waals surface area contributed by atoms with Gasteiger partial charge in [-0.15, -0.1) is 24.8 Å². The molecule has 3 fully saturated rings. The fourth-order valence-corrected chi connectivity index (χ4v) is 5.23. The SMILES string of the molecule is CC1CCC(NCC2CCC(CNC3CCC(C)CC3)CC2)CC1.Cl.Cl. The van der Waals surface area contributed by atoms with Crippen molar-refractivity contribution in [1.82, 2.24) is 10.6 Å². The van der Waals surface area contributed by atoms with E-state index in [-0.39, 0.29) is 24.8 Å². The van der Waals surface area contributed by atoms with Crippen molar-refractivity contribution >= 4 is 24.8 Å². The van der Waals surface area contributed by atoms with Gasteiger partial charge in [0.15, 0.2) is 0 Å². The van der Waals surface area contributed by atoms with Crippen molar-refractivity contribution in [1.29, 1.82) is 0 Å². The van der Waals surface area contributed by atoms with Crippen LogP contribution in [0.2, 0.25) is 0 Å². The Morgan fingerprint density at radius 2 is 0.808 bits per heavy atom. The van der Waals surface area contributed by atoms with Crippen molar-refractivity contribution in [2.24, 2.45) is 23.7 Å². The van der Waals surface area contributed by atoms with Crippen LogP contribution >= 0.6 is 24.8 Å². The van der Waals surface area contributed by atoms with Crippen LogP contribution in [-0.2, 0) is 0 Å². The van der Waals surface area contributed by atoms with Gasteiger partial charge >= 0.3 is 0 Å². The molecular weight excluding hydrogens is 363 g/mol. The predicted molar refractivity (Wildman–Crippen MR) is 119 cm³/mol. The minimum absolute atomic E-state index is 0. The van der Waals surface area contributed by atoms with Gasteiger partial charge in [-0.05, 0) is 114 Å². The zero-order valence-corrected chi connectivity index (χ0v) is 18.8. The fourth-order valence-electron chi connectivity index (χ4n) is 5.23. The lowest BCUT2D eigenvalue weighted by molar-refractivity contribution is 0.226. The molecule has 3 rings (SSSR count). The van der Waals surface area contributed by atoms with Gasteiger partial charge in [-0.2, -0.15) is 0 Å². The van der Waals surface area contributed by atoms with Crippen LogP contribution in [0.3, 0.4) is 0 Å². The van der Waals surface area contributed by atoms with Gasteiger partial charge in [-0.3, -0.25) is 0 Å². The van der Waals surface area contributed by atoms with E-state index in [0.29, 0.717) is 0 Å². The van der Waals surface area contributed by atoms with Crippen molar-refractivity contribution in [3.8, 4) is 0 Å².